The highest BCUT2D eigenvalue weighted by atomic mass is 19.4. The van der Waals surface area contributed by atoms with Gasteiger partial charge in [-0.25, -0.2) is 14.8 Å². The molecule has 0 aliphatic rings. The number of rotatable bonds is 3. The highest BCUT2D eigenvalue weighted by molar-refractivity contribution is 5.87. The van der Waals surface area contributed by atoms with Gasteiger partial charge in [0.15, 0.2) is 5.58 Å². The zero-order valence-electron chi connectivity index (χ0n) is 13.3. The number of aromatic carboxylic acids is 1. The number of halogens is 3. The van der Waals surface area contributed by atoms with Crippen molar-refractivity contribution in [3.63, 3.8) is 0 Å². The third-order valence-electron chi connectivity index (χ3n) is 3.79. The van der Waals surface area contributed by atoms with E-state index in [4.69, 9.17) is 9.52 Å². The van der Waals surface area contributed by atoms with Crippen LogP contribution >= 0.6 is 0 Å². The standard InChI is InChI=1S/C17H9F3N4O3/c18-17(19,20)24-8-11(7-22-24)9-1-2-14-12(5-9)23-15(27-14)10-3-4-21-13(6-10)16(25)26/h1-8H,(H,25,26). The molecular weight excluding hydrogens is 365 g/mol. The van der Waals surface area contributed by atoms with Crippen LogP contribution in [0.2, 0.25) is 0 Å². The number of benzene rings is 1. The van der Waals surface area contributed by atoms with E-state index >= 15 is 0 Å². The number of hydrogen-bond acceptors (Lipinski definition) is 5. The van der Waals surface area contributed by atoms with E-state index in [1.165, 1.54) is 12.3 Å². The summed E-state index contributed by atoms with van der Waals surface area (Å²) < 4.78 is 43.6. The molecule has 0 amide bonds. The second-order valence-electron chi connectivity index (χ2n) is 5.58. The Morgan fingerprint density at radius 1 is 1.11 bits per heavy atom. The number of alkyl halides is 3. The number of nitrogens with zero attached hydrogens (tertiary/aromatic N) is 4. The molecule has 0 saturated carbocycles. The summed E-state index contributed by atoms with van der Waals surface area (Å²) in [5.74, 6) is -1.00. The van der Waals surface area contributed by atoms with Crippen LogP contribution in [0.1, 0.15) is 10.5 Å². The van der Waals surface area contributed by atoms with Gasteiger partial charge >= 0.3 is 12.3 Å². The Kier molecular flexibility index (Phi) is 3.69. The number of carbonyl (C=O) groups is 1. The number of carboxylic acids is 1. The van der Waals surface area contributed by atoms with Crippen LogP contribution in [-0.4, -0.2) is 30.8 Å². The Balaban J connectivity index is 1.73. The second-order valence-corrected chi connectivity index (χ2v) is 5.58. The van der Waals surface area contributed by atoms with E-state index in [0.29, 0.717) is 22.2 Å². The Morgan fingerprint density at radius 2 is 1.93 bits per heavy atom. The Morgan fingerprint density at radius 3 is 2.63 bits per heavy atom. The molecule has 3 heterocycles. The van der Waals surface area contributed by atoms with E-state index in [1.54, 1.807) is 24.3 Å². The summed E-state index contributed by atoms with van der Waals surface area (Å²) in [6.07, 6.45) is -1.28. The van der Waals surface area contributed by atoms with Crippen molar-refractivity contribution in [2.45, 2.75) is 6.30 Å². The van der Waals surface area contributed by atoms with Gasteiger partial charge in [0.25, 0.3) is 0 Å². The van der Waals surface area contributed by atoms with Crippen LogP contribution < -0.4 is 0 Å². The third-order valence-corrected chi connectivity index (χ3v) is 3.79. The average molecular weight is 374 g/mol. The van der Waals surface area contributed by atoms with Crippen molar-refractivity contribution >= 4 is 17.1 Å². The quantitative estimate of drug-likeness (QED) is 0.584. The largest absolute Gasteiger partial charge is 0.504 e. The maximum Gasteiger partial charge on any atom is 0.504 e. The summed E-state index contributed by atoms with van der Waals surface area (Å²) >= 11 is 0. The first-order chi connectivity index (χ1) is 12.8. The lowest BCUT2D eigenvalue weighted by molar-refractivity contribution is -0.212. The molecule has 1 N–H and O–H groups in total. The predicted molar refractivity (Wildman–Crippen MR) is 86.7 cm³/mol. The lowest BCUT2D eigenvalue weighted by Gasteiger charge is -2.03. The first kappa shape index (κ1) is 16.8. The molecule has 10 heteroatoms. The fourth-order valence-electron chi connectivity index (χ4n) is 2.52. The van der Waals surface area contributed by atoms with E-state index in [0.717, 1.165) is 12.4 Å². The van der Waals surface area contributed by atoms with Gasteiger partial charge in [0.2, 0.25) is 5.89 Å². The molecule has 0 aliphatic carbocycles. The Labute approximate surface area is 148 Å². The number of fused-ring (bicyclic) bond motifs is 1. The van der Waals surface area contributed by atoms with Gasteiger partial charge in [0, 0.05) is 23.5 Å². The number of oxazole rings is 1. The van der Waals surface area contributed by atoms with Crippen LogP contribution in [0.5, 0.6) is 0 Å². The van der Waals surface area contributed by atoms with Crippen LogP contribution in [0.15, 0.2) is 53.3 Å². The highest BCUT2D eigenvalue weighted by Crippen LogP contribution is 2.30. The number of carboxylic acid groups (broad SMARTS) is 1. The van der Waals surface area contributed by atoms with E-state index < -0.39 is 12.3 Å². The molecule has 3 aromatic heterocycles. The van der Waals surface area contributed by atoms with Crippen molar-refractivity contribution in [2.75, 3.05) is 0 Å². The first-order valence-electron chi connectivity index (χ1n) is 7.54. The van der Waals surface area contributed by atoms with Crippen molar-refractivity contribution in [3.8, 4) is 22.6 Å². The molecule has 0 atom stereocenters. The van der Waals surface area contributed by atoms with Gasteiger partial charge in [0.1, 0.15) is 11.2 Å². The normalized spacial score (nSPS) is 11.8. The summed E-state index contributed by atoms with van der Waals surface area (Å²) in [5, 5.41) is 12.3. The molecule has 27 heavy (non-hydrogen) atoms. The van der Waals surface area contributed by atoms with Crippen LogP contribution in [-0.2, 0) is 6.30 Å². The highest BCUT2D eigenvalue weighted by Gasteiger charge is 2.31. The minimum absolute atomic E-state index is 0.0782. The monoisotopic (exact) mass is 374 g/mol. The number of pyridine rings is 1. The molecule has 7 nitrogen and oxygen atoms in total. The molecule has 1 aromatic carbocycles. The smallest absolute Gasteiger partial charge is 0.477 e. The van der Waals surface area contributed by atoms with Crippen molar-refractivity contribution in [3.05, 3.63) is 54.6 Å². The lowest BCUT2D eigenvalue weighted by Crippen LogP contribution is -2.16. The molecule has 4 aromatic rings. The zero-order chi connectivity index (χ0) is 19.2. The zero-order valence-corrected chi connectivity index (χ0v) is 13.3. The summed E-state index contributed by atoms with van der Waals surface area (Å²) in [4.78, 5) is 19.0. The third kappa shape index (κ3) is 3.12. The van der Waals surface area contributed by atoms with Crippen molar-refractivity contribution in [1.82, 2.24) is 19.7 Å². The molecule has 0 fully saturated rings. The summed E-state index contributed by atoms with van der Waals surface area (Å²) in [7, 11) is 0. The molecule has 0 radical (unpaired) electrons. The van der Waals surface area contributed by atoms with Crippen LogP contribution in [0.3, 0.4) is 0 Å². The van der Waals surface area contributed by atoms with Gasteiger partial charge in [-0.3, -0.25) is 0 Å². The molecule has 4 rings (SSSR count). The summed E-state index contributed by atoms with van der Waals surface area (Å²) in [6, 6.07) is 7.60. The SMILES string of the molecule is O=C(O)c1cc(-c2nc3cc(-c4cnn(C(F)(F)F)c4)ccc3o2)ccn1. The van der Waals surface area contributed by atoms with Gasteiger partial charge in [-0.15, -0.1) is 13.2 Å². The van der Waals surface area contributed by atoms with Gasteiger partial charge < -0.3 is 9.52 Å². The van der Waals surface area contributed by atoms with E-state index in [2.05, 4.69) is 15.1 Å². The van der Waals surface area contributed by atoms with Crippen LogP contribution in [0, 0.1) is 0 Å². The van der Waals surface area contributed by atoms with Gasteiger partial charge in [-0.05, 0) is 29.8 Å². The number of aromatic nitrogens is 4. The second kappa shape index (κ2) is 5.94. The molecule has 0 spiro atoms. The molecule has 0 aliphatic heterocycles. The predicted octanol–water partition coefficient (Wildman–Crippen LogP) is 3.93. The van der Waals surface area contributed by atoms with Crippen molar-refractivity contribution in [2.24, 2.45) is 0 Å². The van der Waals surface area contributed by atoms with E-state index in [-0.39, 0.29) is 21.8 Å². The fourth-order valence-corrected chi connectivity index (χ4v) is 2.52. The van der Waals surface area contributed by atoms with Gasteiger partial charge in [0.05, 0.1) is 6.20 Å². The molecular formula is C17H9F3N4O3. The minimum atomic E-state index is -4.59. The van der Waals surface area contributed by atoms with Crippen LogP contribution in [0.4, 0.5) is 13.2 Å². The molecule has 0 unspecified atom stereocenters. The van der Waals surface area contributed by atoms with Gasteiger partial charge in [-0.2, -0.15) is 9.78 Å². The number of hydrogen-bond donors (Lipinski definition) is 1. The molecule has 136 valence electrons. The topological polar surface area (TPSA) is 94.0 Å². The fraction of sp³-hybridized carbons (Fsp3) is 0.0588. The first-order valence-corrected chi connectivity index (χ1v) is 7.54. The van der Waals surface area contributed by atoms with Crippen molar-refractivity contribution < 1.29 is 27.5 Å². The molecule has 0 bridgehead atoms. The van der Waals surface area contributed by atoms with E-state index in [1.807, 2.05) is 0 Å². The van der Waals surface area contributed by atoms with E-state index in [9.17, 15) is 18.0 Å². The lowest BCUT2D eigenvalue weighted by atomic mass is 10.1. The maximum atomic E-state index is 12.7. The maximum absolute atomic E-state index is 12.7. The Bertz CT molecular complexity index is 1160. The minimum Gasteiger partial charge on any atom is -0.477 e. The Hall–Kier alpha value is -3.69. The van der Waals surface area contributed by atoms with Crippen LogP contribution in [0.25, 0.3) is 33.7 Å². The van der Waals surface area contributed by atoms with Crippen molar-refractivity contribution in [1.29, 1.82) is 0 Å². The summed E-state index contributed by atoms with van der Waals surface area (Å²) in [6.45, 7) is 0. The average Bonchev–Trinajstić information content (AvgIpc) is 3.28. The summed E-state index contributed by atoms with van der Waals surface area (Å²) in [5.41, 5.74) is 1.84. The molecule has 0 saturated heterocycles. The van der Waals surface area contributed by atoms with Gasteiger partial charge in [-0.1, -0.05) is 6.07 Å².